The van der Waals surface area contributed by atoms with Crippen molar-refractivity contribution in [1.82, 2.24) is 0 Å². The topological polar surface area (TPSA) is 84.0 Å². The molecule has 2 aliphatic heterocycles. The van der Waals surface area contributed by atoms with Gasteiger partial charge in [-0.25, -0.2) is 13.2 Å². The molecule has 8 heteroatoms. The largest absolute Gasteiger partial charge is 0.449 e. The van der Waals surface area contributed by atoms with E-state index in [-0.39, 0.29) is 16.4 Å². The van der Waals surface area contributed by atoms with Crippen molar-refractivity contribution in [1.29, 1.82) is 0 Å². The van der Waals surface area contributed by atoms with Crippen molar-refractivity contribution < 1.29 is 22.7 Å². The third-order valence-electron chi connectivity index (χ3n) is 6.53. The second-order valence-corrected chi connectivity index (χ2v) is 10.6. The zero-order chi connectivity index (χ0) is 24.6. The lowest BCUT2D eigenvalue weighted by atomic mass is 10.0. The van der Waals surface area contributed by atoms with Crippen LogP contribution in [-0.2, 0) is 32.4 Å². The average molecular weight is 491 g/mol. The summed E-state index contributed by atoms with van der Waals surface area (Å²) in [5.41, 5.74) is 3.81. The van der Waals surface area contributed by atoms with Crippen LogP contribution in [0.3, 0.4) is 0 Å². The van der Waals surface area contributed by atoms with E-state index in [0.717, 1.165) is 36.1 Å². The Hall–Kier alpha value is -3.65. The van der Waals surface area contributed by atoms with Crippen LogP contribution in [0.1, 0.15) is 34.8 Å². The van der Waals surface area contributed by atoms with Crippen LogP contribution in [0.15, 0.2) is 77.7 Å². The van der Waals surface area contributed by atoms with E-state index in [0.29, 0.717) is 18.8 Å². The Kier molecular flexibility index (Phi) is 6.06. The second kappa shape index (κ2) is 9.19. The van der Waals surface area contributed by atoms with Gasteiger partial charge < -0.3 is 9.64 Å². The van der Waals surface area contributed by atoms with E-state index in [1.165, 1.54) is 28.6 Å². The molecule has 0 saturated heterocycles. The molecular weight excluding hydrogens is 464 g/mol. The summed E-state index contributed by atoms with van der Waals surface area (Å²) in [5.74, 6) is -0.961. The number of hydrogen-bond acceptors (Lipinski definition) is 5. The molecule has 0 aromatic heterocycles. The fourth-order valence-corrected chi connectivity index (χ4v) is 6.25. The van der Waals surface area contributed by atoms with Crippen LogP contribution in [0, 0.1) is 0 Å². The first-order chi connectivity index (χ1) is 16.9. The minimum atomic E-state index is -3.77. The highest BCUT2D eigenvalue weighted by Gasteiger charge is 2.31. The molecule has 3 aromatic rings. The van der Waals surface area contributed by atoms with E-state index in [4.69, 9.17) is 4.74 Å². The molecule has 180 valence electrons. The van der Waals surface area contributed by atoms with Gasteiger partial charge in [0.1, 0.15) is 0 Å². The van der Waals surface area contributed by atoms with Gasteiger partial charge in [0.15, 0.2) is 6.10 Å². The Balaban J connectivity index is 1.28. The predicted octanol–water partition coefficient (Wildman–Crippen LogP) is 3.96. The molecule has 0 N–H and O–H groups in total. The van der Waals surface area contributed by atoms with Gasteiger partial charge in [-0.05, 0) is 73.7 Å². The minimum Gasteiger partial charge on any atom is -0.449 e. The number of ether oxygens (including phenoxy) is 1. The third-order valence-corrected chi connectivity index (χ3v) is 8.36. The SMILES string of the molecule is CC(OC(=O)c1ccc(S(=O)(=O)N2CCCc3ccccc32)cc1)C(=O)N1CCc2ccccc21. The number of fused-ring (bicyclic) bond motifs is 2. The Morgan fingerprint density at radius 3 is 2.17 bits per heavy atom. The van der Waals surface area contributed by atoms with Crippen molar-refractivity contribution >= 4 is 33.3 Å². The average Bonchev–Trinajstić information content (AvgIpc) is 3.32. The number of sulfonamides is 1. The van der Waals surface area contributed by atoms with Gasteiger partial charge >= 0.3 is 5.97 Å². The van der Waals surface area contributed by atoms with Crippen LogP contribution in [0.25, 0.3) is 0 Å². The molecule has 0 bridgehead atoms. The normalized spacial score (nSPS) is 15.8. The Morgan fingerprint density at radius 1 is 0.829 bits per heavy atom. The molecule has 0 radical (unpaired) electrons. The maximum atomic E-state index is 13.3. The quantitative estimate of drug-likeness (QED) is 0.506. The van der Waals surface area contributed by atoms with Gasteiger partial charge in [0.2, 0.25) is 0 Å². The summed E-state index contributed by atoms with van der Waals surface area (Å²) in [7, 11) is -3.77. The molecule has 2 heterocycles. The lowest BCUT2D eigenvalue weighted by Gasteiger charge is -2.30. The van der Waals surface area contributed by atoms with Crippen LogP contribution < -0.4 is 9.21 Å². The lowest BCUT2D eigenvalue weighted by Crippen LogP contribution is -2.39. The summed E-state index contributed by atoms with van der Waals surface area (Å²) < 4.78 is 33.5. The van der Waals surface area contributed by atoms with Gasteiger partial charge in [-0.15, -0.1) is 0 Å². The predicted molar refractivity (Wildman–Crippen MR) is 133 cm³/mol. The zero-order valence-electron chi connectivity index (χ0n) is 19.4. The van der Waals surface area contributed by atoms with Gasteiger partial charge in [0.25, 0.3) is 15.9 Å². The number of carbonyl (C=O) groups is 2. The van der Waals surface area contributed by atoms with Crippen molar-refractivity contribution in [2.75, 3.05) is 22.3 Å². The molecule has 0 saturated carbocycles. The molecule has 0 spiro atoms. The summed E-state index contributed by atoms with van der Waals surface area (Å²) >= 11 is 0. The first kappa shape index (κ1) is 23.1. The third kappa shape index (κ3) is 4.30. The number of benzene rings is 3. The molecule has 2 aliphatic rings. The van der Waals surface area contributed by atoms with Crippen LogP contribution >= 0.6 is 0 Å². The molecule has 7 nitrogen and oxygen atoms in total. The van der Waals surface area contributed by atoms with Crippen LogP contribution in [0.5, 0.6) is 0 Å². The molecule has 0 aliphatic carbocycles. The number of rotatable bonds is 5. The Labute approximate surface area is 205 Å². The van der Waals surface area contributed by atoms with Gasteiger partial charge in [0.05, 0.1) is 16.1 Å². The number of nitrogens with zero attached hydrogens (tertiary/aromatic N) is 2. The fourth-order valence-electron chi connectivity index (χ4n) is 4.70. The first-order valence-corrected chi connectivity index (χ1v) is 13.1. The number of para-hydroxylation sites is 2. The van der Waals surface area contributed by atoms with Crippen molar-refractivity contribution in [3.8, 4) is 0 Å². The highest BCUT2D eigenvalue weighted by molar-refractivity contribution is 7.92. The highest BCUT2D eigenvalue weighted by Crippen LogP contribution is 2.32. The zero-order valence-corrected chi connectivity index (χ0v) is 20.2. The van der Waals surface area contributed by atoms with Crippen molar-refractivity contribution in [3.05, 3.63) is 89.5 Å². The van der Waals surface area contributed by atoms with Crippen LogP contribution in [0.2, 0.25) is 0 Å². The fraction of sp³-hybridized carbons (Fsp3) is 0.259. The molecule has 5 rings (SSSR count). The maximum absolute atomic E-state index is 13.3. The molecule has 1 atom stereocenters. The Bertz CT molecular complexity index is 1380. The van der Waals surface area contributed by atoms with E-state index in [2.05, 4.69) is 0 Å². The van der Waals surface area contributed by atoms with E-state index in [9.17, 15) is 18.0 Å². The minimum absolute atomic E-state index is 0.101. The van der Waals surface area contributed by atoms with E-state index in [1.807, 2.05) is 48.5 Å². The van der Waals surface area contributed by atoms with Crippen LogP contribution in [-0.4, -0.2) is 39.5 Å². The summed E-state index contributed by atoms with van der Waals surface area (Å²) in [6.07, 6.45) is 1.38. The standard InChI is InChI=1S/C27H26N2O5S/c1-19(26(30)28-18-16-21-8-2-4-10-24(21)28)34-27(31)22-12-14-23(15-13-22)35(32,33)29-17-6-9-20-7-3-5-11-25(20)29/h2-5,7-8,10-15,19H,6,9,16-18H2,1H3. The molecule has 0 fully saturated rings. The summed E-state index contributed by atoms with van der Waals surface area (Å²) in [5, 5.41) is 0. The van der Waals surface area contributed by atoms with Crippen LogP contribution in [0.4, 0.5) is 11.4 Å². The number of hydrogen-bond donors (Lipinski definition) is 0. The second-order valence-electron chi connectivity index (χ2n) is 8.75. The van der Waals surface area contributed by atoms with Gasteiger partial charge in [0, 0.05) is 18.8 Å². The van der Waals surface area contributed by atoms with Gasteiger partial charge in [-0.3, -0.25) is 9.10 Å². The number of anilines is 2. The summed E-state index contributed by atoms with van der Waals surface area (Å²) in [4.78, 5) is 27.3. The van der Waals surface area contributed by atoms with Crippen molar-refractivity contribution in [2.45, 2.75) is 37.2 Å². The van der Waals surface area contributed by atoms with E-state index in [1.54, 1.807) is 11.8 Å². The highest BCUT2D eigenvalue weighted by atomic mass is 32.2. The maximum Gasteiger partial charge on any atom is 0.338 e. The smallest absolute Gasteiger partial charge is 0.338 e. The number of carbonyl (C=O) groups excluding carboxylic acids is 2. The van der Waals surface area contributed by atoms with Crippen molar-refractivity contribution in [2.24, 2.45) is 0 Å². The summed E-state index contributed by atoms with van der Waals surface area (Å²) in [6.45, 7) is 2.50. The number of aryl methyl sites for hydroxylation is 1. The van der Waals surface area contributed by atoms with Crippen molar-refractivity contribution in [3.63, 3.8) is 0 Å². The Morgan fingerprint density at radius 2 is 1.46 bits per heavy atom. The molecule has 1 amide bonds. The lowest BCUT2D eigenvalue weighted by molar-refractivity contribution is -0.126. The molecule has 1 unspecified atom stereocenters. The van der Waals surface area contributed by atoms with Gasteiger partial charge in [-0.2, -0.15) is 0 Å². The molecule has 35 heavy (non-hydrogen) atoms. The summed E-state index contributed by atoms with van der Waals surface area (Å²) in [6, 6.07) is 20.8. The first-order valence-electron chi connectivity index (χ1n) is 11.7. The number of amides is 1. The van der Waals surface area contributed by atoms with Gasteiger partial charge in [-0.1, -0.05) is 36.4 Å². The van der Waals surface area contributed by atoms with E-state index < -0.39 is 22.1 Å². The number of esters is 1. The monoisotopic (exact) mass is 490 g/mol. The van der Waals surface area contributed by atoms with E-state index >= 15 is 0 Å². The molecular formula is C27H26N2O5S. The molecule has 3 aromatic carbocycles.